The van der Waals surface area contributed by atoms with E-state index in [1.807, 2.05) is 26.8 Å². The predicted octanol–water partition coefficient (Wildman–Crippen LogP) is 1.03. The zero-order valence-electron chi connectivity index (χ0n) is 8.22. The highest BCUT2D eigenvalue weighted by Gasteiger charge is 2.05. The van der Waals surface area contributed by atoms with Crippen LogP contribution < -0.4 is 5.73 Å². The summed E-state index contributed by atoms with van der Waals surface area (Å²) in [5.41, 5.74) is 9.04. The highest BCUT2D eigenvalue weighted by molar-refractivity contribution is 5.76. The normalized spacial score (nSPS) is 10.1. The van der Waals surface area contributed by atoms with E-state index in [2.05, 4.69) is 4.98 Å². The van der Waals surface area contributed by atoms with Gasteiger partial charge in [-0.25, -0.2) is 0 Å². The molecule has 1 aromatic rings. The largest absolute Gasteiger partial charge is 0.369 e. The van der Waals surface area contributed by atoms with Gasteiger partial charge in [0.2, 0.25) is 5.91 Å². The quantitative estimate of drug-likeness (QED) is 0.735. The standard InChI is InChI=1S/C10H14N2O/c1-6-4-9(5-10(11)13)8(3)12-7(6)2/h4H,5H2,1-3H3,(H2,11,13). The minimum Gasteiger partial charge on any atom is -0.369 e. The molecule has 1 amide bonds. The maximum atomic E-state index is 10.7. The second-order valence-corrected chi connectivity index (χ2v) is 3.28. The van der Waals surface area contributed by atoms with E-state index in [0.29, 0.717) is 0 Å². The Balaban J connectivity index is 3.08. The van der Waals surface area contributed by atoms with Gasteiger partial charge in [0.25, 0.3) is 0 Å². The van der Waals surface area contributed by atoms with Gasteiger partial charge in [-0.3, -0.25) is 9.78 Å². The lowest BCUT2D eigenvalue weighted by atomic mass is 10.1. The summed E-state index contributed by atoms with van der Waals surface area (Å²) in [7, 11) is 0. The van der Waals surface area contributed by atoms with Gasteiger partial charge in [0.15, 0.2) is 0 Å². The Morgan fingerprint density at radius 3 is 2.54 bits per heavy atom. The Morgan fingerprint density at radius 1 is 1.38 bits per heavy atom. The van der Waals surface area contributed by atoms with Crippen LogP contribution in [0.3, 0.4) is 0 Å². The van der Waals surface area contributed by atoms with E-state index in [1.165, 1.54) is 0 Å². The van der Waals surface area contributed by atoms with Crippen LogP contribution in [0.25, 0.3) is 0 Å². The summed E-state index contributed by atoms with van der Waals surface area (Å²) in [5, 5.41) is 0. The van der Waals surface area contributed by atoms with Gasteiger partial charge < -0.3 is 5.73 Å². The van der Waals surface area contributed by atoms with Gasteiger partial charge in [0.05, 0.1) is 6.42 Å². The van der Waals surface area contributed by atoms with E-state index in [9.17, 15) is 4.79 Å². The molecule has 3 nitrogen and oxygen atoms in total. The molecule has 70 valence electrons. The SMILES string of the molecule is Cc1cc(CC(N)=O)c(C)nc1C. The summed E-state index contributed by atoms with van der Waals surface area (Å²) in [6.07, 6.45) is 0.278. The molecule has 0 atom stereocenters. The number of hydrogen-bond donors (Lipinski definition) is 1. The average Bonchev–Trinajstić information content (AvgIpc) is 1.99. The third-order valence-electron chi connectivity index (χ3n) is 2.13. The molecule has 0 radical (unpaired) electrons. The van der Waals surface area contributed by atoms with Crippen molar-refractivity contribution in [2.24, 2.45) is 5.73 Å². The molecule has 2 N–H and O–H groups in total. The third-order valence-corrected chi connectivity index (χ3v) is 2.13. The second-order valence-electron chi connectivity index (χ2n) is 3.28. The molecule has 0 unspecified atom stereocenters. The molecular formula is C10H14N2O. The Bertz CT molecular complexity index is 345. The smallest absolute Gasteiger partial charge is 0.221 e. The Morgan fingerprint density at radius 2 is 2.00 bits per heavy atom. The lowest BCUT2D eigenvalue weighted by Crippen LogP contribution is -2.15. The fourth-order valence-corrected chi connectivity index (χ4v) is 1.25. The third kappa shape index (κ3) is 2.28. The van der Waals surface area contributed by atoms with Crippen molar-refractivity contribution >= 4 is 5.91 Å². The van der Waals surface area contributed by atoms with Crippen molar-refractivity contribution in [3.05, 3.63) is 28.6 Å². The number of amides is 1. The van der Waals surface area contributed by atoms with E-state index in [1.54, 1.807) is 0 Å². The highest BCUT2D eigenvalue weighted by atomic mass is 16.1. The van der Waals surface area contributed by atoms with Gasteiger partial charge in [-0.2, -0.15) is 0 Å². The van der Waals surface area contributed by atoms with Crippen molar-refractivity contribution in [3.8, 4) is 0 Å². The second kappa shape index (κ2) is 3.56. The molecule has 1 heterocycles. The van der Waals surface area contributed by atoms with Crippen molar-refractivity contribution < 1.29 is 4.79 Å². The summed E-state index contributed by atoms with van der Waals surface area (Å²) in [6, 6.07) is 1.97. The molecule has 13 heavy (non-hydrogen) atoms. The minimum atomic E-state index is -0.312. The van der Waals surface area contributed by atoms with Crippen molar-refractivity contribution in [1.82, 2.24) is 4.98 Å². The fraction of sp³-hybridized carbons (Fsp3) is 0.400. The number of aromatic nitrogens is 1. The number of carbonyl (C=O) groups excluding carboxylic acids is 1. The molecule has 0 saturated carbocycles. The van der Waals surface area contributed by atoms with Crippen molar-refractivity contribution in [1.29, 1.82) is 0 Å². The van der Waals surface area contributed by atoms with Crippen LogP contribution in [0.4, 0.5) is 0 Å². The number of pyridine rings is 1. The first kappa shape index (κ1) is 9.71. The number of hydrogen-bond acceptors (Lipinski definition) is 2. The Labute approximate surface area is 78.0 Å². The predicted molar refractivity (Wildman–Crippen MR) is 51.3 cm³/mol. The van der Waals surface area contributed by atoms with Crippen LogP contribution in [0.1, 0.15) is 22.5 Å². The van der Waals surface area contributed by atoms with Crippen LogP contribution in [0, 0.1) is 20.8 Å². The fourth-order valence-electron chi connectivity index (χ4n) is 1.25. The molecule has 1 rings (SSSR count). The molecule has 0 bridgehead atoms. The van der Waals surface area contributed by atoms with Crippen LogP contribution in [0.15, 0.2) is 6.07 Å². The summed E-state index contributed by atoms with van der Waals surface area (Å²) >= 11 is 0. The maximum Gasteiger partial charge on any atom is 0.221 e. The van der Waals surface area contributed by atoms with Crippen molar-refractivity contribution in [2.45, 2.75) is 27.2 Å². The first-order chi connectivity index (χ1) is 6.00. The van der Waals surface area contributed by atoms with Crippen LogP contribution in [0.2, 0.25) is 0 Å². The van der Waals surface area contributed by atoms with Gasteiger partial charge in [-0.1, -0.05) is 6.07 Å². The van der Waals surface area contributed by atoms with Crippen LogP contribution in [-0.2, 0) is 11.2 Å². The Kier molecular flexibility index (Phi) is 2.66. The summed E-state index contributed by atoms with van der Waals surface area (Å²) in [4.78, 5) is 15.0. The number of primary amides is 1. The molecule has 0 aliphatic carbocycles. The minimum absolute atomic E-state index is 0.278. The lowest BCUT2D eigenvalue weighted by Gasteiger charge is -2.06. The van der Waals surface area contributed by atoms with Gasteiger partial charge in [0.1, 0.15) is 0 Å². The number of rotatable bonds is 2. The number of nitrogens with zero attached hydrogens (tertiary/aromatic N) is 1. The van der Waals surface area contributed by atoms with Crippen LogP contribution in [-0.4, -0.2) is 10.9 Å². The van der Waals surface area contributed by atoms with Gasteiger partial charge >= 0.3 is 0 Å². The van der Waals surface area contributed by atoms with E-state index in [-0.39, 0.29) is 12.3 Å². The van der Waals surface area contributed by atoms with Gasteiger partial charge in [-0.05, 0) is 31.9 Å². The van der Waals surface area contributed by atoms with E-state index < -0.39 is 0 Å². The summed E-state index contributed by atoms with van der Waals surface area (Å²) in [6.45, 7) is 5.83. The average molecular weight is 178 g/mol. The van der Waals surface area contributed by atoms with Crippen LogP contribution in [0.5, 0.6) is 0 Å². The maximum absolute atomic E-state index is 10.7. The molecule has 3 heteroatoms. The molecule has 0 saturated heterocycles. The number of nitrogens with two attached hydrogens (primary N) is 1. The molecule has 0 aliphatic rings. The van der Waals surface area contributed by atoms with Crippen molar-refractivity contribution in [2.75, 3.05) is 0 Å². The Hall–Kier alpha value is -1.38. The molecule has 1 aromatic heterocycles. The highest BCUT2D eigenvalue weighted by Crippen LogP contribution is 2.11. The summed E-state index contributed by atoms with van der Waals surface area (Å²) in [5.74, 6) is -0.312. The first-order valence-electron chi connectivity index (χ1n) is 4.22. The zero-order chi connectivity index (χ0) is 10.0. The topological polar surface area (TPSA) is 56.0 Å². The summed E-state index contributed by atoms with van der Waals surface area (Å²) < 4.78 is 0. The number of carbonyl (C=O) groups is 1. The number of aryl methyl sites for hydroxylation is 3. The van der Waals surface area contributed by atoms with Gasteiger partial charge in [-0.15, -0.1) is 0 Å². The first-order valence-corrected chi connectivity index (χ1v) is 4.22. The molecule has 0 spiro atoms. The monoisotopic (exact) mass is 178 g/mol. The van der Waals surface area contributed by atoms with E-state index >= 15 is 0 Å². The van der Waals surface area contributed by atoms with Gasteiger partial charge in [0, 0.05) is 11.4 Å². The van der Waals surface area contributed by atoms with Crippen LogP contribution >= 0.6 is 0 Å². The molecular weight excluding hydrogens is 164 g/mol. The zero-order valence-corrected chi connectivity index (χ0v) is 8.22. The molecule has 0 aromatic carbocycles. The molecule has 0 aliphatic heterocycles. The lowest BCUT2D eigenvalue weighted by molar-refractivity contribution is -0.117. The van der Waals surface area contributed by atoms with E-state index in [0.717, 1.165) is 22.5 Å². The van der Waals surface area contributed by atoms with E-state index in [4.69, 9.17) is 5.73 Å². The van der Waals surface area contributed by atoms with Crippen molar-refractivity contribution in [3.63, 3.8) is 0 Å². The molecule has 0 fully saturated rings.